The summed E-state index contributed by atoms with van der Waals surface area (Å²) in [7, 11) is 1.59. The predicted octanol–water partition coefficient (Wildman–Crippen LogP) is 3.01. The lowest BCUT2D eigenvalue weighted by Gasteiger charge is -2.30. The van der Waals surface area contributed by atoms with E-state index in [1.165, 1.54) is 25.9 Å². The second-order valence-electron chi connectivity index (χ2n) is 5.75. The number of methoxy groups -OCH3 is 1. The van der Waals surface area contributed by atoms with E-state index in [1.807, 2.05) is 0 Å². The topological polar surface area (TPSA) is 38.8 Å². The molecule has 0 atom stereocenters. The maximum Gasteiger partial charge on any atom is 0.161 e. The first-order chi connectivity index (χ1) is 10.2. The van der Waals surface area contributed by atoms with Crippen LogP contribution in [0, 0.1) is 5.92 Å². The molecular weight excluding hydrogens is 266 g/mol. The summed E-state index contributed by atoms with van der Waals surface area (Å²) in [5.74, 6) is 2.19. The van der Waals surface area contributed by atoms with Gasteiger partial charge in [0.05, 0.1) is 13.7 Å². The normalized spacial score (nSPS) is 16.7. The van der Waals surface area contributed by atoms with Gasteiger partial charge < -0.3 is 14.4 Å². The Labute approximate surface area is 127 Å². The van der Waals surface area contributed by atoms with Crippen molar-refractivity contribution in [2.24, 2.45) is 5.92 Å². The monoisotopic (exact) mass is 291 g/mol. The van der Waals surface area contributed by atoms with Crippen LogP contribution in [0.1, 0.15) is 36.5 Å². The standard InChI is InChI=1S/C17H25NO3/c1-14-6-9-18(10-7-14)8-3-11-21-16-5-4-15(13-19)12-17(16)20-2/h4-5,12-14H,3,6-11H2,1-2H3. The number of hydrogen-bond donors (Lipinski definition) is 0. The molecule has 116 valence electrons. The Morgan fingerprint density at radius 1 is 1.29 bits per heavy atom. The molecule has 1 aromatic rings. The summed E-state index contributed by atoms with van der Waals surface area (Å²) in [5.41, 5.74) is 0.599. The Bertz CT molecular complexity index is 453. The molecular formula is C17H25NO3. The van der Waals surface area contributed by atoms with Crippen LogP contribution >= 0.6 is 0 Å². The zero-order valence-corrected chi connectivity index (χ0v) is 13.0. The van der Waals surface area contributed by atoms with E-state index in [4.69, 9.17) is 9.47 Å². The third kappa shape index (κ3) is 4.74. The number of aldehydes is 1. The van der Waals surface area contributed by atoms with Gasteiger partial charge >= 0.3 is 0 Å². The minimum atomic E-state index is 0.599. The van der Waals surface area contributed by atoms with Crippen LogP contribution in [-0.2, 0) is 0 Å². The largest absolute Gasteiger partial charge is 0.493 e. The number of benzene rings is 1. The van der Waals surface area contributed by atoms with E-state index in [0.717, 1.165) is 25.2 Å². The number of likely N-dealkylation sites (tertiary alicyclic amines) is 1. The SMILES string of the molecule is COc1cc(C=O)ccc1OCCCN1CCC(C)CC1. The highest BCUT2D eigenvalue weighted by Crippen LogP contribution is 2.27. The van der Waals surface area contributed by atoms with Gasteiger partial charge in [0, 0.05) is 12.1 Å². The molecule has 21 heavy (non-hydrogen) atoms. The number of piperidine rings is 1. The van der Waals surface area contributed by atoms with Crippen LogP contribution in [0.25, 0.3) is 0 Å². The molecule has 1 fully saturated rings. The van der Waals surface area contributed by atoms with Crippen LogP contribution in [0.15, 0.2) is 18.2 Å². The van der Waals surface area contributed by atoms with Gasteiger partial charge in [-0.05, 0) is 56.5 Å². The molecule has 0 amide bonds. The van der Waals surface area contributed by atoms with Gasteiger partial charge in [-0.1, -0.05) is 6.92 Å². The molecule has 2 rings (SSSR count). The van der Waals surface area contributed by atoms with Gasteiger partial charge in [0.1, 0.15) is 6.29 Å². The Kier molecular flexibility index (Phi) is 6.05. The summed E-state index contributed by atoms with van der Waals surface area (Å²) in [6, 6.07) is 5.25. The number of rotatable bonds is 7. The van der Waals surface area contributed by atoms with Crippen molar-refractivity contribution in [1.29, 1.82) is 0 Å². The fourth-order valence-electron chi connectivity index (χ4n) is 2.63. The van der Waals surface area contributed by atoms with Gasteiger partial charge in [0.2, 0.25) is 0 Å². The van der Waals surface area contributed by atoms with Crippen molar-refractivity contribution in [3.63, 3.8) is 0 Å². The van der Waals surface area contributed by atoms with E-state index in [9.17, 15) is 4.79 Å². The first kappa shape index (κ1) is 15.8. The zero-order valence-electron chi connectivity index (χ0n) is 13.0. The van der Waals surface area contributed by atoms with Crippen molar-refractivity contribution in [3.8, 4) is 11.5 Å². The number of nitrogens with zero attached hydrogens (tertiary/aromatic N) is 1. The van der Waals surface area contributed by atoms with Crippen molar-refractivity contribution < 1.29 is 14.3 Å². The average Bonchev–Trinajstić information content (AvgIpc) is 2.53. The highest BCUT2D eigenvalue weighted by molar-refractivity contribution is 5.76. The Morgan fingerprint density at radius 3 is 2.71 bits per heavy atom. The Hall–Kier alpha value is -1.55. The van der Waals surface area contributed by atoms with Gasteiger partial charge in [-0.3, -0.25) is 4.79 Å². The van der Waals surface area contributed by atoms with Gasteiger partial charge in [-0.15, -0.1) is 0 Å². The minimum Gasteiger partial charge on any atom is -0.493 e. The number of hydrogen-bond acceptors (Lipinski definition) is 4. The van der Waals surface area contributed by atoms with Crippen molar-refractivity contribution in [2.75, 3.05) is 33.4 Å². The van der Waals surface area contributed by atoms with Gasteiger partial charge in [-0.25, -0.2) is 0 Å². The summed E-state index contributed by atoms with van der Waals surface area (Å²) in [4.78, 5) is 13.3. The van der Waals surface area contributed by atoms with Crippen LogP contribution < -0.4 is 9.47 Å². The third-order valence-corrected chi connectivity index (χ3v) is 4.08. The summed E-state index contributed by atoms with van der Waals surface area (Å²) >= 11 is 0. The molecule has 0 unspecified atom stereocenters. The van der Waals surface area contributed by atoms with E-state index in [-0.39, 0.29) is 0 Å². The van der Waals surface area contributed by atoms with E-state index < -0.39 is 0 Å². The molecule has 1 aromatic carbocycles. The molecule has 0 aromatic heterocycles. The van der Waals surface area contributed by atoms with Crippen LogP contribution in [0.4, 0.5) is 0 Å². The van der Waals surface area contributed by atoms with Gasteiger partial charge in [0.15, 0.2) is 11.5 Å². The maximum atomic E-state index is 10.7. The summed E-state index contributed by atoms with van der Waals surface area (Å²) < 4.78 is 11.0. The average molecular weight is 291 g/mol. The Balaban J connectivity index is 1.74. The smallest absolute Gasteiger partial charge is 0.161 e. The fraction of sp³-hybridized carbons (Fsp3) is 0.588. The molecule has 1 heterocycles. The van der Waals surface area contributed by atoms with Crippen LogP contribution in [0.2, 0.25) is 0 Å². The van der Waals surface area contributed by atoms with E-state index in [1.54, 1.807) is 25.3 Å². The Morgan fingerprint density at radius 2 is 2.05 bits per heavy atom. The lowest BCUT2D eigenvalue weighted by molar-refractivity contribution is 0.112. The summed E-state index contributed by atoms with van der Waals surface area (Å²) in [6.45, 7) is 6.50. The summed E-state index contributed by atoms with van der Waals surface area (Å²) in [5, 5.41) is 0. The van der Waals surface area contributed by atoms with Gasteiger partial charge in [0.25, 0.3) is 0 Å². The fourth-order valence-corrected chi connectivity index (χ4v) is 2.63. The molecule has 0 radical (unpaired) electrons. The molecule has 1 aliphatic rings. The molecule has 4 heteroatoms. The van der Waals surface area contributed by atoms with E-state index in [2.05, 4.69) is 11.8 Å². The second kappa shape index (κ2) is 8.03. The van der Waals surface area contributed by atoms with Gasteiger partial charge in [-0.2, -0.15) is 0 Å². The molecule has 0 aliphatic carbocycles. The maximum absolute atomic E-state index is 10.7. The van der Waals surface area contributed by atoms with Crippen LogP contribution in [0.5, 0.6) is 11.5 Å². The molecule has 1 aliphatic heterocycles. The van der Waals surface area contributed by atoms with E-state index >= 15 is 0 Å². The lowest BCUT2D eigenvalue weighted by Crippen LogP contribution is -2.34. The molecule has 4 nitrogen and oxygen atoms in total. The lowest BCUT2D eigenvalue weighted by atomic mass is 9.99. The first-order valence-corrected chi connectivity index (χ1v) is 7.71. The highest BCUT2D eigenvalue weighted by Gasteiger charge is 2.15. The highest BCUT2D eigenvalue weighted by atomic mass is 16.5. The predicted molar refractivity (Wildman–Crippen MR) is 83.3 cm³/mol. The summed E-state index contributed by atoms with van der Waals surface area (Å²) in [6.07, 6.45) is 4.43. The van der Waals surface area contributed by atoms with Crippen molar-refractivity contribution >= 4 is 6.29 Å². The van der Waals surface area contributed by atoms with E-state index in [0.29, 0.717) is 23.7 Å². The quantitative estimate of drug-likeness (QED) is 0.572. The molecule has 0 saturated carbocycles. The molecule has 0 spiro atoms. The van der Waals surface area contributed by atoms with Crippen LogP contribution in [0.3, 0.4) is 0 Å². The van der Waals surface area contributed by atoms with Crippen LogP contribution in [-0.4, -0.2) is 44.5 Å². The zero-order chi connectivity index (χ0) is 15.1. The van der Waals surface area contributed by atoms with Crippen molar-refractivity contribution in [2.45, 2.75) is 26.2 Å². The molecule has 1 saturated heterocycles. The minimum absolute atomic E-state index is 0.599. The number of carbonyl (C=O) groups is 1. The molecule has 0 bridgehead atoms. The second-order valence-corrected chi connectivity index (χ2v) is 5.75. The van der Waals surface area contributed by atoms with Crippen molar-refractivity contribution in [1.82, 2.24) is 4.90 Å². The number of ether oxygens (including phenoxy) is 2. The van der Waals surface area contributed by atoms with Crippen molar-refractivity contribution in [3.05, 3.63) is 23.8 Å². The molecule has 0 N–H and O–H groups in total. The number of carbonyl (C=O) groups excluding carboxylic acids is 1. The third-order valence-electron chi connectivity index (χ3n) is 4.08. The first-order valence-electron chi connectivity index (χ1n) is 7.71.